The van der Waals surface area contributed by atoms with Gasteiger partial charge in [-0.2, -0.15) is 0 Å². The Hall–Kier alpha value is -3.79. The van der Waals surface area contributed by atoms with Crippen LogP contribution in [0.2, 0.25) is 0 Å². The van der Waals surface area contributed by atoms with Crippen molar-refractivity contribution < 1.29 is 19.2 Å². The first-order valence-electron chi connectivity index (χ1n) is 10.7. The van der Waals surface area contributed by atoms with E-state index >= 15 is 0 Å². The molecule has 2 amide bonds. The van der Waals surface area contributed by atoms with E-state index in [1.54, 1.807) is 32.0 Å². The first kappa shape index (κ1) is 23.4. The second-order valence-electron chi connectivity index (χ2n) is 7.90. The predicted octanol–water partition coefficient (Wildman–Crippen LogP) is 3.73. The number of para-hydroxylation sites is 2. The van der Waals surface area contributed by atoms with E-state index in [2.05, 4.69) is 25.8 Å². The number of nitrogens with zero attached hydrogens (tertiary/aromatic N) is 2. The zero-order chi connectivity index (χ0) is 24.1. The Morgan fingerprint density at radius 1 is 1.18 bits per heavy atom. The van der Waals surface area contributed by atoms with Gasteiger partial charge in [-0.15, -0.1) is 11.8 Å². The summed E-state index contributed by atoms with van der Waals surface area (Å²) in [6.07, 6.45) is 0.484. The molecule has 0 saturated heterocycles. The lowest BCUT2D eigenvalue weighted by Crippen LogP contribution is -2.33. The van der Waals surface area contributed by atoms with Gasteiger partial charge in [0.15, 0.2) is 5.82 Å². The number of amides is 2. The summed E-state index contributed by atoms with van der Waals surface area (Å²) in [6.45, 7) is 3.47. The van der Waals surface area contributed by atoms with Crippen molar-refractivity contribution in [2.45, 2.75) is 31.6 Å². The lowest BCUT2D eigenvalue weighted by atomic mass is 10.1. The second-order valence-corrected chi connectivity index (χ2v) is 9.22. The van der Waals surface area contributed by atoms with E-state index in [4.69, 9.17) is 4.52 Å². The van der Waals surface area contributed by atoms with Crippen LogP contribution in [0.5, 0.6) is 5.75 Å². The highest BCUT2D eigenvalue weighted by atomic mass is 32.2. The Labute approximate surface area is 200 Å². The Kier molecular flexibility index (Phi) is 7.17. The van der Waals surface area contributed by atoms with Crippen LogP contribution in [0.3, 0.4) is 0 Å². The molecule has 2 atom stereocenters. The van der Waals surface area contributed by atoms with Crippen molar-refractivity contribution in [3.8, 4) is 5.75 Å². The number of phenols is 1. The number of carbonyl (C=O) groups excluding carboxylic acids is 2. The lowest BCUT2D eigenvalue weighted by molar-refractivity contribution is -0.119. The number of rotatable bonds is 9. The van der Waals surface area contributed by atoms with Gasteiger partial charge in [0.05, 0.1) is 28.1 Å². The normalized spacial score (nSPS) is 12.9. The molecule has 0 bridgehead atoms. The minimum absolute atomic E-state index is 0.0960. The van der Waals surface area contributed by atoms with Gasteiger partial charge in [-0.3, -0.25) is 9.59 Å². The van der Waals surface area contributed by atoms with Crippen molar-refractivity contribution in [1.82, 2.24) is 20.4 Å². The average molecular weight is 480 g/mol. The fraction of sp³-hybridized carbons (Fsp3) is 0.250. The van der Waals surface area contributed by atoms with Gasteiger partial charge in [-0.25, -0.2) is 4.98 Å². The number of aryl methyl sites for hydroxylation is 1. The van der Waals surface area contributed by atoms with E-state index in [9.17, 15) is 14.7 Å². The summed E-state index contributed by atoms with van der Waals surface area (Å²) in [5.74, 6) is 1.38. The van der Waals surface area contributed by atoms with Crippen molar-refractivity contribution in [1.29, 1.82) is 0 Å². The molecule has 0 aliphatic heterocycles. The highest BCUT2D eigenvalue weighted by molar-refractivity contribution is 8.01. The first-order valence-corrected chi connectivity index (χ1v) is 11.8. The molecule has 2 heterocycles. The van der Waals surface area contributed by atoms with Crippen LogP contribution < -0.4 is 10.6 Å². The third-order valence-electron chi connectivity index (χ3n) is 5.16. The third-order valence-corrected chi connectivity index (χ3v) is 6.30. The Bertz CT molecular complexity index is 1250. The van der Waals surface area contributed by atoms with E-state index in [1.807, 2.05) is 36.4 Å². The van der Waals surface area contributed by atoms with Gasteiger partial charge in [0.2, 0.25) is 11.8 Å². The summed E-state index contributed by atoms with van der Waals surface area (Å²) in [5.41, 5.74) is 2.63. The maximum absolute atomic E-state index is 12.8. The zero-order valence-electron chi connectivity index (χ0n) is 18.7. The number of carbonyl (C=O) groups is 2. The van der Waals surface area contributed by atoms with Gasteiger partial charge < -0.3 is 25.2 Å². The summed E-state index contributed by atoms with van der Waals surface area (Å²) in [4.78, 5) is 33.1. The molecule has 9 nitrogen and oxygen atoms in total. The molecule has 0 spiro atoms. The molecule has 2 unspecified atom stereocenters. The molecule has 0 fully saturated rings. The maximum Gasteiger partial charge on any atom is 0.238 e. The zero-order valence-corrected chi connectivity index (χ0v) is 19.6. The van der Waals surface area contributed by atoms with Crippen molar-refractivity contribution in [2.24, 2.45) is 0 Å². The number of nitrogens with one attached hydrogen (secondary N) is 3. The van der Waals surface area contributed by atoms with Crippen molar-refractivity contribution in [2.75, 3.05) is 11.1 Å². The summed E-state index contributed by atoms with van der Waals surface area (Å²) in [7, 11) is 0. The van der Waals surface area contributed by atoms with Gasteiger partial charge in [0, 0.05) is 6.07 Å². The van der Waals surface area contributed by atoms with Crippen LogP contribution in [0.4, 0.5) is 5.82 Å². The number of aromatic nitrogens is 3. The number of imidazole rings is 1. The summed E-state index contributed by atoms with van der Waals surface area (Å²) < 4.78 is 4.95. The molecule has 2 aromatic heterocycles. The number of aromatic amines is 1. The SMILES string of the molecule is Cc1cc(NC(=O)C(C)SCC(=O)NC(Cc2ccc(O)cc2)c2nc3ccccc3[nH]2)no1. The molecule has 4 rings (SSSR count). The summed E-state index contributed by atoms with van der Waals surface area (Å²) in [6, 6.07) is 15.7. The van der Waals surface area contributed by atoms with Gasteiger partial charge in [-0.05, 0) is 50.1 Å². The number of phenolic OH excluding ortho intramolecular Hbond substituents is 1. The molecule has 176 valence electrons. The van der Waals surface area contributed by atoms with Gasteiger partial charge in [-0.1, -0.05) is 29.4 Å². The number of fused-ring (bicyclic) bond motifs is 1. The highest BCUT2D eigenvalue weighted by Crippen LogP contribution is 2.22. The predicted molar refractivity (Wildman–Crippen MR) is 131 cm³/mol. The number of H-pyrrole nitrogens is 1. The smallest absolute Gasteiger partial charge is 0.238 e. The molecule has 2 aromatic carbocycles. The lowest BCUT2D eigenvalue weighted by Gasteiger charge is -2.18. The Balaban J connectivity index is 1.41. The van der Waals surface area contributed by atoms with Gasteiger partial charge in [0.1, 0.15) is 17.3 Å². The van der Waals surface area contributed by atoms with Crippen LogP contribution in [-0.2, 0) is 16.0 Å². The molecule has 0 aliphatic carbocycles. The Morgan fingerprint density at radius 2 is 1.94 bits per heavy atom. The Morgan fingerprint density at radius 3 is 2.65 bits per heavy atom. The van der Waals surface area contributed by atoms with Gasteiger partial charge in [0.25, 0.3) is 0 Å². The molecule has 0 saturated carbocycles. The van der Waals surface area contributed by atoms with E-state index in [0.29, 0.717) is 23.8 Å². The quantitative estimate of drug-likeness (QED) is 0.287. The largest absolute Gasteiger partial charge is 0.508 e. The fourth-order valence-corrected chi connectivity index (χ4v) is 4.08. The summed E-state index contributed by atoms with van der Waals surface area (Å²) >= 11 is 1.22. The van der Waals surface area contributed by atoms with Gasteiger partial charge >= 0.3 is 0 Å². The molecule has 4 N–H and O–H groups in total. The molecular weight excluding hydrogens is 454 g/mol. The van der Waals surface area contributed by atoms with Crippen LogP contribution in [-0.4, -0.2) is 43.0 Å². The number of benzene rings is 2. The molecular formula is C24H25N5O4S. The number of hydrogen-bond donors (Lipinski definition) is 4. The average Bonchev–Trinajstić information content (AvgIpc) is 3.44. The van der Waals surface area contributed by atoms with Crippen LogP contribution in [0.25, 0.3) is 11.0 Å². The minimum atomic E-state index is -0.468. The topological polar surface area (TPSA) is 133 Å². The van der Waals surface area contributed by atoms with Crippen LogP contribution in [0.1, 0.15) is 30.1 Å². The minimum Gasteiger partial charge on any atom is -0.508 e. The molecule has 10 heteroatoms. The number of thioether (sulfide) groups is 1. The van der Waals surface area contributed by atoms with E-state index in [-0.39, 0.29) is 23.3 Å². The van der Waals surface area contributed by atoms with Crippen LogP contribution in [0, 0.1) is 6.92 Å². The second kappa shape index (κ2) is 10.4. The molecule has 34 heavy (non-hydrogen) atoms. The first-order chi connectivity index (χ1) is 16.4. The highest BCUT2D eigenvalue weighted by Gasteiger charge is 2.21. The fourth-order valence-electron chi connectivity index (χ4n) is 3.39. The van der Waals surface area contributed by atoms with Crippen molar-refractivity contribution in [3.63, 3.8) is 0 Å². The standard InChI is InChI=1S/C24H25N5O4S/c1-14-11-21(29-33-14)28-24(32)15(2)34-13-22(31)25-20(12-16-7-9-17(30)10-8-16)23-26-18-5-3-4-6-19(18)27-23/h3-11,15,20,30H,12-13H2,1-2H3,(H,25,31)(H,26,27)(H,28,29,32). The summed E-state index contributed by atoms with van der Waals surface area (Å²) in [5, 5.41) is 18.6. The van der Waals surface area contributed by atoms with Crippen molar-refractivity contribution >= 4 is 40.4 Å². The van der Waals surface area contributed by atoms with E-state index in [1.165, 1.54) is 11.8 Å². The number of anilines is 1. The molecule has 4 aromatic rings. The maximum atomic E-state index is 12.8. The number of hydrogen-bond acceptors (Lipinski definition) is 7. The number of aromatic hydroxyl groups is 1. The van der Waals surface area contributed by atoms with E-state index in [0.717, 1.165) is 16.6 Å². The van der Waals surface area contributed by atoms with Crippen LogP contribution >= 0.6 is 11.8 Å². The van der Waals surface area contributed by atoms with Crippen molar-refractivity contribution in [3.05, 3.63) is 71.7 Å². The molecule has 0 aliphatic rings. The van der Waals surface area contributed by atoms with E-state index < -0.39 is 11.3 Å². The van der Waals surface area contributed by atoms with Crippen LogP contribution in [0.15, 0.2) is 59.1 Å². The monoisotopic (exact) mass is 479 g/mol. The molecule has 0 radical (unpaired) electrons. The third kappa shape index (κ3) is 5.96.